The lowest BCUT2D eigenvalue weighted by Gasteiger charge is -2.32. The van der Waals surface area contributed by atoms with Gasteiger partial charge in [0.2, 0.25) is 5.91 Å². The van der Waals surface area contributed by atoms with Gasteiger partial charge >= 0.3 is 6.61 Å². The Balaban J connectivity index is 1.51. The Hall–Kier alpha value is -3.23. The highest BCUT2D eigenvalue weighted by Crippen LogP contribution is 2.29. The number of hydrogen-bond acceptors (Lipinski definition) is 4. The smallest absolute Gasteiger partial charge is 0.387 e. The first kappa shape index (κ1) is 23.4. The molecule has 0 spiro atoms. The molecular formula is C23H25F3N2O4. The molecule has 0 saturated carbocycles. The van der Waals surface area contributed by atoms with E-state index in [9.17, 15) is 22.8 Å². The number of likely N-dealkylation sites (tertiary alicyclic amines) is 1. The number of nitrogens with one attached hydrogen (secondary N) is 1. The maximum absolute atomic E-state index is 13.1. The number of benzene rings is 2. The van der Waals surface area contributed by atoms with Crippen LogP contribution in [-0.2, 0) is 11.2 Å². The Morgan fingerprint density at radius 2 is 1.91 bits per heavy atom. The molecule has 0 aromatic heterocycles. The third-order valence-corrected chi connectivity index (χ3v) is 5.33. The van der Waals surface area contributed by atoms with Gasteiger partial charge in [0.25, 0.3) is 5.91 Å². The van der Waals surface area contributed by atoms with Gasteiger partial charge in [-0.1, -0.05) is 6.07 Å². The molecule has 32 heavy (non-hydrogen) atoms. The number of alkyl halides is 2. The number of ether oxygens (including phenoxy) is 2. The third kappa shape index (κ3) is 6.15. The largest absolute Gasteiger partial charge is 0.493 e. The summed E-state index contributed by atoms with van der Waals surface area (Å²) in [5, 5.41) is 2.87. The topological polar surface area (TPSA) is 67.9 Å². The standard InChI is InChI=1S/C23H25F3N2O4/c1-31-20-13-15(4-9-19(20)32-23(25)26)10-11-27-21(29)17-3-2-12-28(14-17)22(30)16-5-7-18(24)8-6-16/h4-9,13,17,23H,2-3,10-12,14H2,1H3,(H,27,29). The van der Waals surface area contributed by atoms with Gasteiger partial charge < -0.3 is 19.7 Å². The zero-order chi connectivity index (χ0) is 23.1. The van der Waals surface area contributed by atoms with Gasteiger partial charge in [0.15, 0.2) is 11.5 Å². The lowest BCUT2D eigenvalue weighted by atomic mass is 9.96. The van der Waals surface area contributed by atoms with Crippen molar-refractivity contribution in [3.05, 3.63) is 59.4 Å². The van der Waals surface area contributed by atoms with Gasteiger partial charge in [-0.2, -0.15) is 8.78 Å². The predicted octanol–water partition coefficient (Wildman–Crippen LogP) is 3.65. The van der Waals surface area contributed by atoms with Crippen molar-refractivity contribution in [1.82, 2.24) is 10.2 Å². The number of nitrogens with zero attached hydrogens (tertiary/aromatic N) is 1. The second kappa shape index (κ2) is 10.9. The van der Waals surface area contributed by atoms with Crippen molar-refractivity contribution in [3.63, 3.8) is 0 Å². The second-order valence-corrected chi connectivity index (χ2v) is 7.50. The monoisotopic (exact) mass is 450 g/mol. The molecule has 6 nitrogen and oxygen atoms in total. The molecule has 172 valence electrons. The zero-order valence-electron chi connectivity index (χ0n) is 17.7. The molecule has 2 aromatic carbocycles. The van der Waals surface area contributed by atoms with E-state index < -0.39 is 12.4 Å². The molecule has 0 bridgehead atoms. The van der Waals surface area contributed by atoms with Gasteiger partial charge in [0.1, 0.15) is 5.82 Å². The molecule has 2 aromatic rings. The van der Waals surface area contributed by atoms with E-state index in [0.717, 1.165) is 5.56 Å². The van der Waals surface area contributed by atoms with Crippen LogP contribution in [-0.4, -0.2) is 50.1 Å². The van der Waals surface area contributed by atoms with Crippen molar-refractivity contribution in [1.29, 1.82) is 0 Å². The molecule has 1 fully saturated rings. The lowest BCUT2D eigenvalue weighted by molar-refractivity contribution is -0.126. The number of piperidine rings is 1. The fourth-order valence-electron chi connectivity index (χ4n) is 3.69. The molecule has 1 unspecified atom stereocenters. The summed E-state index contributed by atoms with van der Waals surface area (Å²) in [4.78, 5) is 26.9. The number of hydrogen-bond donors (Lipinski definition) is 1. The fraction of sp³-hybridized carbons (Fsp3) is 0.391. The average molecular weight is 450 g/mol. The normalized spacial score (nSPS) is 16.0. The lowest BCUT2D eigenvalue weighted by Crippen LogP contribution is -2.45. The molecule has 2 amide bonds. The van der Waals surface area contributed by atoms with Crippen LogP contribution in [0.2, 0.25) is 0 Å². The van der Waals surface area contributed by atoms with Crippen LogP contribution >= 0.6 is 0 Å². The van der Waals surface area contributed by atoms with E-state index in [-0.39, 0.29) is 29.2 Å². The molecule has 1 atom stereocenters. The highest BCUT2D eigenvalue weighted by molar-refractivity contribution is 5.94. The number of rotatable bonds is 8. The predicted molar refractivity (Wildman–Crippen MR) is 111 cm³/mol. The van der Waals surface area contributed by atoms with Crippen LogP contribution in [0.5, 0.6) is 11.5 Å². The van der Waals surface area contributed by atoms with Crippen molar-refractivity contribution < 1.29 is 32.2 Å². The Bertz CT molecular complexity index is 937. The maximum Gasteiger partial charge on any atom is 0.387 e. The second-order valence-electron chi connectivity index (χ2n) is 7.50. The quantitative estimate of drug-likeness (QED) is 0.667. The Morgan fingerprint density at radius 1 is 1.16 bits per heavy atom. The van der Waals surface area contributed by atoms with Crippen LogP contribution < -0.4 is 14.8 Å². The third-order valence-electron chi connectivity index (χ3n) is 5.33. The van der Waals surface area contributed by atoms with Crippen LogP contribution in [0.4, 0.5) is 13.2 Å². The summed E-state index contributed by atoms with van der Waals surface area (Å²) in [5.74, 6) is -0.970. The average Bonchev–Trinajstić information content (AvgIpc) is 2.79. The van der Waals surface area contributed by atoms with Crippen LogP contribution in [0.3, 0.4) is 0 Å². The highest BCUT2D eigenvalue weighted by Gasteiger charge is 2.28. The molecule has 0 aliphatic carbocycles. The summed E-state index contributed by atoms with van der Waals surface area (Å²) in [6, 6.07) is 9.98. The summed E-state index contributed by atoms with van der Waals surface area (Å²) in [6.45, 7) is -1.75. The number of halogens is 3. The summed E-state index contributed by atoms with van der Waals surface area (Å²) in [5.41, 5.74) is 1.18. The van der Waals surface area contributed by atoms with E-state index in [1.807, 2.05) is 0 Å². The molecule has 1 saturated heterocycles. The van der Waals surface area contributed by atoms with E-state index >= 15 is 0 Å². The summed E-state index contributed by atoms with van der Waals surface area (Å²) >= 11 is 0. The van der Waals surface area contributed by atoms with E-state index in [1.54, 1.807) is 17.0 Å². The first-order valence-electron chi connectivity index (χ1n) is 10.3. The van der Waals surface area contributed by atoms with Gasteiger partial charge in [-0.3, -0.25) is 9.59 Å². The number of amides is 2. The van der Waals surface area contributed by atoms with Gasteiger partial charge in [0.05, 0.1) is 13.0 Å². The zero-order valence-corrected chi connectivity index (χ0v) is 17.7. The molecular weight excluding hydrogens is 425 g/mol. The molecule has 3 rings (SSSR count). The van der Waals surface area contributed by atoms with Crippen LogP contribution in [0.25, 0.3) is 0 Å². The van der Waals surface area contributed by atoms with E-state index in [0.29, 0.717) is 44.5 Å². The van der Waals surface area contributed by atoms with Gasteiger partial charge in [-0.25, -0.2) is 4.39 Å². The Morgan fingerprint density at radius 3 is 2.59 bits per heavy atom. The Kier molecular flexibility index (Phi) is 7.97. The summed E-state index contributed by atoms with van der Waals surface area (Å²) in [6.07, 6.45) is 1.85. The van der Waals surface area contributed by atoms with Crippen molar-refractivity contribution in [2.75, 3.05) is 26.7 Å². The van der Waals surface area contributed by atoms with Crippen molar-refractivity contribution in [2.45, 2.75) is 25.9 Å². The molecule has 9 heteroatoms. The first-order valence-corrected chi connectivity index (χ1v) is 10.3. The van der Waals surface area contributed by atoms with Gasteiger partial charge in [-0.05, 0) is 61.2 Å². The van der Waals surface area contributed by atoms with E-state index in [1.165, 1.54) is 37.4 Å². The van der Waals surface area contributed by atoms with E-state index in [4.69, 9.17) is 4.74 Å². The molecule has 1 aliphatic rings. The minimum absolute atomic E-state index is 0.0524. The van der Waals surface area contributed by atoms with Crippen LogP contribution in [0.1, 0.15) is 28.8 Å². The maximum atomic E-state index is 13.1. The SMILES string of the molecule is COc1cc(CCNC(=O)C2CCCN(C(=O)c3ccc(F)cc3)C2)ccc1OC(F)F. The number of methoxy groups -OCH3 is 1. The number of carbonyl (C=O) groups excluding carboxylic acids is 2. The fourth-order valence-corrected chi connectivity index (χ4v) is 3.69. The minimum Gasteiger partial charge on any atom is -0.493 e. The van der Waals surface area contributed by atoms with E-state index in [2.05, 4.69) is 10.1 Å². The first-order chi connectivity index (χ1) is 15.4. The minimum atomic E-state index is -2.95. The summed E-state index contributed by atoms with van der Waals surface area (Å²) in [7, 11) is 1.36. The summed E-state index contributed by atoms with van der Waals surface area (Å²) < 4.78 is 47.4. The molecule has 0 radical (unpaired) electrons. The van der Waals surface area contributed by atoms with Crippen molar-refractivity contribution >= 4 is 11.8 Å². The van der Waals surface area contributed by atoms with Crippen molar-refractivity contribution in [3.8, 4) is 11.5 Å². The number of carbonyl (C=O) groups is 2. The van der Waals surface area contributed by atoms with Crippen LogP contribution in [0.15, 0.2) is 42.5 Å². The molecule has 1 N–H and O–H groups in total. The highest BCUT2D eigenvalue weighted by atomic mass is 19.3. The van der Waals surface area contributed by atoms with Crippen molar-refractivity contribution in [2.24, 2.45) is 5.92 Å². The van der Waals surface area contributed by atoms with Crippen LogP contribution in [0, 0.1) is 11.7 Å². The molecule has 1 aliphatic heterocycles. The molecule has 1 heterocycles. The Labute approximate surface area is 184 Å². The van der Waals surface area contributed by atoms with Gasteiger partial charge in [0, 0.05) is 25.2 Å². The van der Waals surface area contributed by atoms with Gasteiger partial charge in [-0.15, -0.1) is 0 Å².